The van der Waals surface area contributed by atoms with Crippen molar-refractivity contribution in [1.82, 2.24) is 5.32 Å². The molecule has 0 aliphatic carbocycles. The van der Waals surface area contributed by atoms with E-state index in [4.69, 9.17) is 4.74 Å². The minimum absolute atomic E-state index is 0.214. The Labute approximate surface area is 177 Å². The highest BCUT2D eigenvalue weighted by Gasteiger charge is 2.19. The molecule has 0 bridgehead atoms. The maximum atomic E-state index is 12.4. The SMILES string of the molecule is C[C@H](Oc1ccc(N(C)S(C)(=O)=O)cc1)C(=O)N[C@H](C)c1ccc(S(C)(=O)=O)cc1. The van der Waals surface area contributed by atoms with E-state index in [1.165, 1.54) is 19.2 Å². The monoisotopic (exact) mass is 454 g/mol. The van der Waals surface area contributed by atoms with Gasteiger partial charge in [-0.3, -0.25) is 9.10 Å². The minimum Gasteiger partial charge on any atom is -0.481 e. The number of sulfone groups is 1. The molecule has 0 aromatic heterocycles. The number of rotatable bonds is 8. The first-order valence-corrected chi connectivity index (χ1v) is 12.8. The van der Waals surface area contributed by atoms with Gasteiger partial charge in [-0.05, 0) is 55.8 Å². The van der Waals surface area contributed by atoms with Crippen LogP contribution in [0, 0.1) is 0 Å². The summed E-state index contributed by atoms with van der Waals surface area (Å²) in [5.41, 5.74) is 1.24. The average molecular weight is 455 g/mol. The first-order chi connectivity index (χ1) is 13.8. The Morgan fingerprint density at radius 1 is 0.933 bits per heavy atom. The molecule has 0 aliphatic heterocycles. The molecule has 0 spiro atoms. The van der Waals surface area contributed by atoms with Crippen LogP contribution in [0.1, 0.15) is 25.5 Å². The number of carbonyl (C=O) groups excluding carboxylic acids is 1. The van der Waals surface area contributed by atoms with Crippen LogP contribution in [0.15, 0.2) is 53.4 Å². The third kappa shape index (κ3) is 6.20. The summed E-state index contributed by atoms with van der Waals surface area (Å²) in [5, 5.41) is 2.82. The number of nitrogens with one attached hydrogen (secondary N) is 1. The Hall–Kier alpha value is -2.59. The normalized spacial score (nSPS) is 13.9. The first kappa shape index (κ1) is 23.7. The zero-order valence-corrected chi connectivity index (χ0v) is 19.1. The van der Waals surface area contributed by atoms with Crippen molar-refractivity contribution in [3.63, 3.8) is 0 Å². The van der Waals surface area contributed by atoms with E-state index >= 15 is 0 Å². The fourth-order valence-electron chi connectivity index (χ4n) is 2.60. The number of sulfonamides is 1. The van der Waals surface area contributed by atoms with Crippen molar-refractivity contribution >= 4 is 31.5 Å². The molecule has 8 nitrogen and oxygen atoms in total. The third-order valence-electron chi connectivity index (χ3n) is 4.55. The Bertz CT molecular complexity index is 1090. The van der Waals surface area contributed by atoms with E-state index in [1.807, 2.05) is 0 Å². The summed E-state index contributed by atoms with van der Waals surface area (Å²) in [6, 6.07) is 12.3. The molecule has 1 N–H and O–H groups in total. The lowest BCUT2D eigenvalue weighted by atomic mass is 10.1. The summed E-state index contributed by atoms with van der Waals surface area (Å²) >= 11 is 0. The second-order valence-electron chi connectivity index (χ2n) is 7.06. The van der Waals surface area contributed by atoms with Gasteiger partial charge >= 0.3 is 0 Å². The maximum absolute atomic E-state index is 12.4. The maximum Gasteiger partial charge on any atom is 0.261 e. The summed E-state index contributed by atoms with van der Waals surface area (Å²) in [6.07, 6.45) is 1.46. The first-order valence-electron chi connectivity index (χ1n) is 9.10. The zero-order valence-electron chi connectivity index (χ0n) is 17.5. The molecule has 0 saturated carbocycles. The lowest BCUT2D eigenvalue weighted by molar-refractivity contribution is -0.127. The number of anilines is 1. The molecule has 164 valence electrons. The van der Waals surface area contributed by atoms with E-state index in [0.717, 1.165) is 22.4 Å². The van der Waals surface area contributed by atoms with E-state index in [-0.39, 0.29) is 16.8 Å². The molecule has 0 aliphatic rings. The van der Waals surface area contributed by atoms with Crippen molar-refractivity contribution in [3.05, 3.63) is 54.1 Å². The van der Waals surface area contributed by atoms with Crippen molar-refractivity contribution in [2.45, 2.75) is 30.9 Å². The molecule has 0 fully saturated rings. The van der Waals surface area contributed by atoms with Crippen LogP contribution in [-0.2, 0) is 24.7 Å². The molecule has 2 aromatic carbocycles. The molecular weight excluding hydrogens is 428 g/mol. The second kappa shape index (κ2) is 9.05. The molecule has 0 radical (unpaired) electrons. The Balaban J connectivity index is 1.99. The molecule has 2 atom stereocenters. The number of carbonyl (C=O) groups is 1. The second-order valence-corrected chi connectivity index (χ2v) is 11.1. The molecular formula is C20H26N2O6S2. The predicted octanol–water partition coefficient (Wildman–Crippen LogP) is 2.13. The number of hydrogen-bond acceptors (Lipinski definition) is 6. The van der Waals surface area contributed by atoms with Crippen molar-refractivity contribution in [3.8, 4) is 5.75 Å². The van der Waals surface area contributed by atoms with Crippen LogP contribution in [0.25, 0.3) is 0 Å². The zero-order chi connectivity index (χ0) is 22.7. The van der Waals surface area contributed by atoms with Crippen LogP contribution >= 0.6 is 0 Å². The third-order valence-corrected chi connectivity index (χ3v) is 6.88. The van der Waals surface area contributed by atoms with Crippen LogP contribution in [0.3, 0.4) is 0 Å². The average Bonchev–Trinajstić information content (AvgIpc) is 2.66. The number of benzene rings is 2. The molecule has 30 heavy (non-hydrogen) atoms. The number of nitrogens with zero attached hydrogens (tertiary/aromatic N) is 1. The number of amides is 1. The van der Waals surface area contributed by atoms with Crippen LogP contribution in [0.5, 0.6) is 5.75 Å². The van der Waals surface area contributed by atoms with Gasteiger partial charge in [-0.1, -0.05) is 12.1 Å². The van der Waals surface area contributed by atoms with E-state index in [9.17, 15) is 21.6 Å². The largest absolute Gasteiger partial charge is 0.481 e. The van der Waals surface area contributed by atoms with Gasteiger partial charge in [0.25, 0.3) is 5.91 Å². The molecule has 1 amide bonds. The fourth-order valence-corrected chi connectivity index (χ4v) is 3.74. The van der Waals surface area contributed by atoms with Gasteiger partial charge in [0.1, 0.15) is 5.75 Å². The van der Waals surface area contributed by atoms with Crippen LogP contribution < -0.4 is 14.4 Å². The van der Waals surface area contributed by atoms with Crippen LogP contribution in [0.4, 0.5) is 5.69 Å². The topological polar surface area (TPSA) is 110 Å². The number of ether oxygens (including phenoxy) is 1. The van der Waals surface area contributed by atoms with Crippen molar-refractivity contribution in [2.24, 2.45) is 0 Å². The highest BCUT2D eigenvalue weighted by molar-refractivity contribution is 7.92. The number of hydrogen-bond donors (Lipinski definition) is 1. The molecule has 2 rings (SSSR count). The van der Waals surface area contributed by atoms with Gasteiger partial charge in [-0.15, -0.1) is 0 Å². The Kier molecular flexibility index (Phi) is 7.14. The summed E-state index contributed by atoms with van der Waals surface area (Å²) < 4.78 is 53.0. The predicted molar refractivity (Wildman–Crippen MR) is 116 cm³/mol. The van der Waals surface area contributed by atoms with Gasteiger partial charge in [0.2, 0.25) is 10.0 Å². The van der Waals surface area contributed by atoms with Gasteiger partial charge in [0.15, 0.2) is 15.9 Å². The van der Waals surface area contributed by atoms with Crippen LogP contribution in [-0.4, -0.2) is 48.4 Å². The minimum atomic E-state index is -3.36. The van der Waals surface area contributed by atoms with E-state index < -0.39 is 26.0 Å². The summed E-state index contributed by atoms with van der Waals surface area (Å²) in [4.78, 5) is 12.7. The quantitative estimate of drug-likeness (QED) is 0.654. The van der Waals surface area contributed by atoms with Crippen molar-refractivity contribution < 1.29 is 26.4 Å². The van der Waals surface area contributed by atoms with Crippen LogP contribution in [0.2, 0.25) is 0 Å². The van der Waals surface area contributed by atoms with Gasteiger partial charge in [-0.2, -0.15) is 0 Å². The van der Waals surface area contributed by atoms with Crippen molar-refractivity contribution in [1.29, 1.82) is 0 Å². The Morgan fingerprint density at radius 3 is 1.93 bits per heavy atom. The molecule has 2 aromatic rings. The van der Waals surface area contributed by atoms with E-state index in [2.05, 4.69) is 5.32 Å². The van der Waals surface area contributed by atoms with Gasteiger partial charge in [0, 0.05) is 13.3 Å². The highest BCUT2D eigenvalue weighted by Crippen LogP contribution is 2.21. The molecule has 0 unspecified atom stereocenters. The van der Waals surface area contributed by atoms with Crippen molar-refractivity contribution in [2.75, 3.05) is 23.9 Å². The standard InChI is InChI=1S/C20H26N2O6S2/c1-14(16-6-12-19(13-7-16)29(4,24)25)21-20(23)15(2)28-18-10-8-17(9-11-18)22(3)30(5,26)27/h6-15H,1-5H3,(H,21,23)/t14-,15+/m1/s1. The van der Waals surface area contributed by atoms with Gasteiger partial charge in [0.05, 0.1) is 22.9 Å². The van der Waals surface area contributed by atoms with E-state index in [0.29, 0.717) is 11.4 Å². The summed E-state index contributed by atoms with van der Waals surface area (Å²) in [5.74, 6) is 0.0838. The Morgan fingerprint density at radius 2 is 1.47 bits per heavy atom. The van der Waals surface area contributed by atoms with Gasteiger partial charge < -0.3 is 10.1 Å². The lowest BCUT2D eigenvalue weighted by Gasteiger charge is -2.20. The fraction of sp³-hybridized carbons (Fsp3) is 0.350. The molecule has 0 heterocycles. The summed E-state index contributed by atoms with van der Waals surface area (Å²) in [6.45, 7) is 3.39. The molecule has 10 heteroatoms. The van der Waals surface area contributed by atoms with E-state index in [1.54, 1.807) is 50.2 Å². The summed E-state index contributed by atoms with van der Waals surface area (Å²) in [7, 11) is -5.19. The van der Waals surface area contributed by atoms with Gasteiger partial charge in [-0.25, -0.2) is 16.8 Å². The smallest absolute Gasteiger partial charge is 0.261 e. The lowest BCUT2D eigenvalue weighted by Crippen LogP contribution is -2.37. The molecule has 0 saturated heterocycles. The highest BCUT2D eigenvalue weighted by atomic mass is 32.2.